The second kappa shape index (κ2) is 6.91. The molecule has 0 spiro atoms. The molecule has 0 aliphatic heterocycles. The van der Waals surface area contributed by atoms with E-state index in [0.29, 0.717) is 10.8 Å². The van der Waals surface area contributed by atoms with Crippen molar-refractivity contribution in [2.75, 3.05) is 5.75 Å². The number of benzene rings is 2. The van der Waals surface area contributed by atoms with Crippen LogP contribution in [0.1, 0.15) is 11.6 Å². The average Bonchev–Trinajstić information content (AvgIpc) is 2.43. The fraction of sp³-hybridized carbons (Fsp3) is 0.143. The lowest BCUT2D eigenvalue weighted by Gasteiger charge is -2.17. The molecule has 0 saturated heterocycles. The van der Waals surface area contributed by atoms with E-state index < -0.39 is 0 Å². The van der Waals surface area contributed by atoms with Gasteiger partial charge in [-0.25, -0.2) is 4.39 Å². The molecule has 5 heteroatoms. The predicted octanol–water partition coefficient (Wildman–Crippen LogP) is 3.78. The number of hydrogen-bond donors (Lipinski definition) is 2. The quantitative estimate of drug-likeness (QED) is 0.501. The number of nitrogens with two attached hydrogens (primary N) is 1. The van der Waals surface area contributed by atoms with Crippen LogP contribution >= 0.6 is 23.4 Å². The smallest absolute Gasteiger partial charge is 0.123 e. The highest BCUT2D eigenvalue weighted by Gasteiger charge is 2.13. The van der Waals surface area contributed by atoms with E-state index >= 15 is 0 Å². The highest BCUT2D eigenvalue weighted by Crippen LogP contribution is 2.28. The summed E-state index contributed by atoms with van der Waals surface area (Å²) in [6.07, 6.45) is 0. The molecule has 0 aliphatic carbocycles. The summed E-state index contributed by atoms with van der Waals surface area (Å²) in [5.74, 6) is 6.06. The summed E-state index contributed by atoms with van der Waals surface area (Å²) in [6.45, 7) is 0. The van der Waals surface area contributed by atoms with E-state index in [1.54, 1.807) is 23.9 Å². The topological polar surface area (TPSA) is 38.0 Å². The van der Waals surface area contributed by atoms with Crippen LogP contribution in [0.3, 0.4) is 0 Å². The first-order valence-corrected chi connectivity index (χ1v) is 7.16. The monoisotopic (exact) mass is 296 g/mol. The van der Waals surface area contributed by atoms with E-state index in [1.165, 1.54) is 12.1 Å². The maximum absolute atomic E-state index is 12.8. The van der Waals surface area contributed by atoms with E-state index in [-0.39, 0.29) is 11.9 Å². The zero-order valence-corrected chi connectivity index (χ0v) is 11.7. The van der Waals surface area contributed by atoms with Gasteiger partial charge in [-0.3, -0.25) is 11.3 Å². The normalized spacial score (nSPS) is 12.4. The zero-order valence-electron chi connectivity index (χ0n) is 10.1. The van der Waals surface area contributed by atoms with Gasteiger partial charge in [-0.05, 0) is 35.9 Å². The highest BCUT2D eigenvalue weighted by molar-refractivity contribution is 7.99. The third-order valence-corrected chi connectivity index (χ3v) is 4.16. The van der Waals surface area contributed by atoms with Gasteiger partial charge in [-0.15, -0.1) is 11.8 Å². The van der Waals surface area contributed by atoms with Crippen molar-refractivity contribution >= 4 is 23.4 Å². The Balaban J connectivity index is 2.04. The van der Waals surface area contributed by atoms with Crippen LogP contribution in [0.25, 0.3) is 0 Å². The fourth-order valence-corrected chi connectivity index (χ4v) is 2.93. The third-order valence-electron chi connectivity index (χ3n) is 2.71. The summed E-state index contributed by atoms with van der Waals surface area (Å²) >= 11 is 7.74. The summed E-state index contributed by atoms with van der Waals surface area (Å²) in [5.41, 5.74) is 3.72. The summed E-state index contributed by atoms with van der Waals surface area (Å²) in [6, 6.07) is 13.9. The second-order valence-corrected chi connectivity index (χ2v) is 5.51. The van der Waals surface area contributed by atoms with Crippen molar-refractivity contribution < 1.29 is 4.39 Å². The van der Waals surface area contributed by atoms with Gasteiger partial charge >= 0.3 is 0 Å². The molecule has 0 aliphatic rings. The molecule has 2 aromatic rings. The van der Waals surface area contributed by atoms with Gasteiger partial charge < -0.3 is 0 Å². The van der Waals surface area contributed by atoms with Gasteiger partial charge in [0.15, 0.2) is 0 Å². The largest absolute Gasteiger partial charge is 0.271 e. The van der Waals surface area contributed by atoms with Crippen LogP contribution < -0.4 is 11.3 Å². The van der Waals surface area contributed by atoms with Crippen LogP contribution in [0.5, 0.6) is 0 Å². The lowest BCUT2D eigenvalue weighted by atomic mass is 10.1. The number of nitrogens with one attached hydrogen (secondary N) is 1. The number of rotatable bonds is 5. The first-order chi connectivity index (χ1) is 9.20. The molecule has 0 aromatic heterocycles. The Bertz CT molecular complexity index is 533. The molecule has 0 fully saturated rings. The minimum absolute atomic E-state index is 0.0521. The van der Waals surface area contributed by atoms with Crippen molar-refractivity contribution in [3.8, 4) is 0 Å². The molecular formula is C14H14ClFN2S. The molecule has 0 bridgehead atoms. The van der Waals surface area contributed by atoms with Crippen molar-refractivity contribution in [1.82, 2.24) is 5.43 Å². The number of thioether (sulfide) groups is 1. The van der Waals surface area contributed by atoms with Crippen LogP contribution in [-0.2, 0) is 0 Å². The van der Waals surface area contributed by atoms with E-state index in [0.717, 1.165) is 10.5 Å². The van der Waals surface area contributed by atoms with Gasteiger partial charge in [0.1, 0.15) is 5.82 Å². The first-order valence-electron chi connectivity index (χ1n) is 5.79. The molecule has 3 N–H and O–H groups in total. The summed E-state index contributed by atoms with van der Waals surface area (Å²) < 4.78 is 12.8. The Morgan fingerprint density at radius 1 is 1.16 bits per heavy atom. The van der Waals surface area contributed by atoms with Crippen LogP contribution in [0, 0.1) is 5.82 Å². The van der Waals surface area contributed by atoms with Gasteiger partial charge in [0, 0.05) is 15.7 Å². The third kappa shape index (κ3) is 3.94. The molecule has 2 nitrogen and oxygen atoms in total. The molecule has 1 unspecified atom stereocenters. The standard InChI is InChI=1S/C14H14ClFN2S/c15-13-4-2-1-3-12(13)14(18-17)9-19-11-7-5-10(16)6-8-11/h1-8,14,18H,9,17H2. The van der Waals surface area contributed by atoms with Gasteiger partial charge in [-0.2, -0.15) is 0 Å². The molecule has 0 amide bonds. The number of halogens is 2. The summed E-state index contributed by atoms with van der Waals surface area (Å²) in [4.78, 5) is 0.994. The van der Waals surface area contributed by atoms with Crippen LogP contribution in [0.2, 0.25) is 5.02 Å². The second-order valence-electron chi connectivity index (χ2n) is 4.01. The van der Waals surface area contributed by atoms with Crippen LogP contribution in [-0.4, -0.2) is 5.75 Å². The number of hydrazine groups is 1. The van der Waals surface area contributed by atoms with E-state index in [2.05, 4.69) is 5.43 Å². The van der Waals surface area contributed by atoms with Gasteiger partial charge in [0.2, 0.25) is 0 Å². The molecule has 19 heavy (non-hydrogen) atoms. The van der Waals surface area contributed by atoms with Crippen molar-refractivity contribution in [1.29, 1.82) is 0 Å². The van der Waals surface area contributed by atoms with E-state index in [1.807, 2.05) is 24.3 Å². The Morgan fingerprint density at radius 3 is 2.47 bits per heavy atom. The zero-order chi connectivity index (χ0) is 13.7. The van der Waals surface area contributed by atoms with Crippen molar-refractivity contribution in [3.05, 3.63) is 64.9 Å². The highest BCUT2D eigenvalue weighted by atomic mass is 35.5. The average molecular weight is 297 g/mol. The van der Waals surface area contributed by atoms with Gasteiger partial charge in [0.05, 0.1) is 6.04 Å². The minimum atomic E-state index is -0.232. The molecule has 2 aromatic carbocycles. The molecule has 1 atom stereocenters. The SMILES string of the molecule is NNC(CSc1ccc(F)cc1)c1ccccc1Cl. The van der Waals surface area contributed by atoms with Crippen molar-refractivity contribution in [2.24, 2.45) is 5.84 Å². The summed E-state index contributed by atoms with van der Waals surface area (Å²) in [5, 5.41) is 0.685. The van der Waals surface area contributed by atoms with Crippen molar-refractivity contribution in [2.45, 2.75) is 10.9 Å². The van der Waals surface area contributed by atoms with Crippen molar-refractivity contribution in [3.63, 3.8) is 0 Å². The van der Waals surface area contributed by atoms with Gasteiger partial charge in [-0.1, -0.05) is 29.8 Å². The molecule has 100 valence electrons. The Hall–Kier alpha value is -1.07. The molecule has 2 rings (SSSR count). The van der Waals surface area contributed by atoms with E-state index in [9.17, 15) is 4.39 Å². The maximum Gasteiger partial charge on any atom is 0.123 e. The summed E-state index contributed by atoms with van der Waals surface area (Å²) in [7, 11) is 0. The van der Waals surface area contributed by atoms with Gasteiger partial charge in [0.25, 0.3) is 0 Å². The molecule has 0 saturated carbocycles. The maximum atomic E-state index is 12.8. The minimum Gasteiger partial charge on any atom is -0.271 e. The lowest BCUT2D eigenvalue weighted by Crippen LogP contribution is -2.29. The number of hydrogen-bond acceptors (Lipinski definition) is 3. The van der Waals surface area contributed by atoms with E-state index in [4.69, 9.17) is 17.4 Å². The van der Waals surface area contributed by atoms with Crippen LogP contribution in [0.15, 0.2) is 53.4 Å². The fourth-order valence-electron chi connectivity index (χ4n) is 1.70. The molecule has 0 heterocycles. The predicted molar refractivity (Wildman–Crippen MR) is 78.6 cm³/mol. The first kappa shape index (κ1) is 14.3. The Morgan fingerprint density at radius 2 is 1.84 bits per heavy atom. The molecule has 0 radical (unpaired) electrons. The Labute approximate surface area is 121 Å². The lowest BCUT2D eigenvalue weighted by molar-refractivity contribution is 0.610. The molecular weight excluding hydrogens is 283 g/mol. The Kier molecular flexibility index (Phi) is 5.22. The van der Waals surface area contributed by atoms with Crippen LogP contribution in [0.4, 0.5) is 4.39 Å².